The smallest absolute Gasteiger partial charge is 0.196 e. The van der Waals surface area contributed by atoms with Crippen LogP contribution in [0.5, 0.6) is 0 Å². The molecule has 0 bridgehead atoms. The van der Waals surface area contributed by atoms with Crippen LogP contribution in [0.2, 0.25) is 0 Å². The minimum atomic E-state index is -1.85. The van der Waals surface area contributed by atoms with Gasteiger partial charge in [0, 0.05) is 5.16 Å². The van der Waals surface area contributed by atoms with Crippen molar-refractivity contribution in [2.24, 2.45) is 5.92 Å². The molecule has 3 heteroatoms. The van der Waals surface area contributed by atoms with Crippen LogP contribution in [0.3, 0.4) is 0 Å². The van der Waals surface area contributed by atoms with Crippen molar-refractivity contribution in [1.29, 1.82) is 0 Å². The fourth-order valence-electron chi connectivity index (χ4n) is 0.604. The average Bonchev–Trinajstić information content (AvgIpc) is 1.84. The molecule has 0 aliphatic carbocycles. The lowest BCUT2D eigenvalue weighted by atomic mass is 10.2. The molecule has 0 saturated carbocycles. The highest BCUT2D eigenvalue weighted by atomic mass is 31.1. The Labute approximate surface area is 76.6 Å². The zero-order valence-corrected chi connectivity index (χ0v) is 9.81. The summed E-state index contributed by atoms with van der Waals surface area (Å²) in [6.45, 7) is 10.7. The van der Waals surface area contributed by atoms with Crippen LogP contribution < -0.4 is 0 Å². The highest BCUT2D eigenvalue weighted by Gasteiger charge is 2.19. The molecule has 0 saturated heterocycles. The molecule has 1 unspecified atom stereocenters. The normalized spacial score (nSPS) is 15.2. The maximum absolute atomic E-state index is 11.4. The first kappa shape index (κ1) is 12.2. The minimum Gasteiger partial charge on any atom is -0.330 e. The van der Waals surface area contributed by atoms with E-state index in [0.717, 1.165) is 6.42 Å². The zero-order chi connectivity index (χ0) is 9.78. The van der Waals surface area contributed by atoms with Crippen molar-refractivity contribution in [3.05, 3.63) is 0 Å². The molecular formula is C9H21O2P. The van der Waals surface area contributed by atoms with Crippen LogP contribution in [0.25, 0.3) is 0 Å². The number of hydrogen-bond donors (Lipinski definition) is 0. The van der Waals surface area contributed by atoms with Crippen LogP contribution in [0.1, 0.15) is 41.0 Å². The molecule has 0 N–H and O–H groups in total. The van der Waals surface area contributed by atoms with E-state index < -0.39 is 8.03 Å². The van der Waals surface area contributed by atoms with E-state index in [1.54, 1.807) is 0 Å². The van der Waals surface area contributed by atoms with E-state index in [1.807, 2.05) is 20.8 Å². The minimum absolute atomic E-state index is 0.179. The summed E-state index contributed by atoms with van der Waals surface area (Å²) in [6, 6.07) is 0. The van der Waals surface area contributed by atoms with Crippen LogP contribution in [0.15, 0.2) is 0 Å². The highest BCUT2D eigenvalue weighted by Crippen LogP contribution is 2.39. The van der Waals surface area contributed by atoms with E-state index in [-0.39, 0.29) is 5.16 Å². The zero-order valence-electron chi connectivity index (χ0n) is 8.81. The summed E-state index contributed by atoms with van der Waals surface area (Å²) in [5.41, 5.74) is 0. The van der Waals surface area contributed by atoms with Gasteiger partial charge >= 0.3 is 0 Å². The molecule has 12 heavy (non-hydrogen) atoms. The predicted molar refractivity (Wildman–Crippen MR) is 54.2 cm³/mol. The lowest BCUT2D eigenvalue weighted by Gasteiger charge is -2.18. The van der Waals surface area contributed by atoms with Crippen molar-refractivity contribution in [2.75, 3.05) is 6.61 Å². The van der Waals surface area contributed by atoms with Gasteiger partial charge in [0.25, 0.3) is 0 Å². The Kier molecular flexibility index (Phi) is 5.12. The predicted octanol–water partition coefficient (Wildman–Crippen LogP) is 3.32. The van der Waals surface area contributed by atoms with Gasteiger partial charge < -0.3 is 4.52 Å². The molecule has 0 aromatic rings. The molecular weight excluding hydrogens is 171 g/mol. The van der Waals surface area contributed by atoms with E-state index in [0.29, 0.717) is 12.5 Å². The molecule has 1 atom stereocenters. The first-order chi connectivity index (χ1) is 5.34. The van der Waals surface area contributed by atoms with Crippen LogP contribution in [-0.2, 0) is 9.09 Å². The standard InChI is InChI=1S/C9H21O2P/c1-8(2)6-7-11-12(10)9(3,4)5/h8,12H,6-7H2,1-5H3. The summed E-state index contributed by atoms with van der Waals surface area (Å²) >= 11 is 0. The first-order valence-electron chi connectivity index (χ1n) is 4.51. The van der Waals surface area contributed by atoms with Crippen LogP contribution >= 0.6 is 8.03 Å². The monoisotopic (exact) mass is 192 g/mol. The molecule has 74 valence electrons. The third-order valence-corrected chi connectivity index (χ3v) is 3.23. The second-order valence-electron chi connectivity index (χ2n) is 4.57. The fraction of sp³-hybridized carbons (Fsp3) is 1.00. The van der Waals surface area contributed by atoms with Gasteiger partial charge in [0.15, 0.2) is 8.03 Å². The molecule has 0 fully saturated rings. The molecule has 0 aromatic heterocycles. The van der Waals surface area contributed by atoms with Gasteiger partial charge in [0.1, 0.15) is 0 Å². The van der Waals surface area contributed by atoms with Crippen LogP contribution in [0.4, 0.5) is 0 Å². The third kappa shape index (κ3) is 5.79. The summed E-state index contributed by atoms with van der Waals surface area (Å²) in [4.78, 5) is 0. The maximum atomic E-state index is 11.4. The molecule has 0 spiro atoms. The fourth-order valence-corrected chi connectivity index (χ4v) is 1.34. The SMILES string of the molecule is CC(C)CCO[PH](=O)C(C)(C)C. The molecule has 0 rings (SSSR count). The third-order valence-electron chi connectivity index (χ3n) is 1.54. The Morgan fingerprint density at radius 3 is 2.17 bits per heavy atom. The van der Waals surface area contributed by atoms with Crippen molar-refractivity contribution in [3.8, 4) is 0 Å². The molecule has 0 heterocycles. The second-order valence-corrected chi connectivity index (χ2v) is 6.93. The van der Waals surface area contributed by atoms with Crippen LogP contribution in [0, 0.1) is 5.92 Å². The van der Waals surface area contributed by atoms with Gasteiger partial charge in [-0.2, -0.15) is 0 Å². The van der Waals surface area contributed by atoms with Crippen LogP contribution in [-0.4, -0.2) is 11.8 Å². The molecule has 0 aliphatic heterocycles. The molecule has 2 nitrogen and oxygen atoms in total. The Hall–Kier alpha value is 0.190. The molecule has 0 radical (unpaired) electrons. The van der Waals surface area contributed by atoms with Gasteiger partial charge in [0.2, 0.25) is 0 Å². The van der Waals surface area contributed by atoms with Gasteiger partial charge in [-0.3, -0.25) is 4.57 Å². The summed E-state index contributed by atoms with van der Waals surface area (Å²) in [7, 11) is -1.85. The summed E-state index contributed by atoms with van der Waals surface area (Å²) in [5, 5.41) is -0.179. The van der Waals surface area contributed by atoms with E-state index in [1.165, 1.54) is 0 Å². The summed E-state index contributed by atoms with van der Waals surface area (Å²) in [6.07, 6.45) is 0.993. The Morgan fingerprint density at radius 1 is 1.33 bits per heavy atom. The quantitative estimate of drug-likeness (QED) is 0.638. The van der Waals surface area contributed by atoms with Gasteiger partial charge in [0.05, 0.1) is 6.61 Å². The Balaban J connectivity index is 3.59. The van der Waals surface area contributed by atoms with Crippen molar-refractivity contribution in [3.63, 3.8) is 0 Å². The van der Waals surface area contributed by atoms with E-state index in [2.05, 4.69) is 13.8 Å². The summed E-state index contributed by atoms with van der Waals surface area (Å²) in [5.74, 6) is 0.625. The number of rotatable bonds is 4. The Bertz CT molecular complexity index is 147. The van der Waals surface area contributed by atoms with Crippen molar-refractivity contribution in [2.45, 2.75) is 46.2 Å². The second kappa shape index (κ2) is 5.04. The molecule has 0 aliphatic rings. The average molecular weight is 192 g/mol. The lowest BCUT2D eigenvalue weighted by molar-refractivity contribution is 0.291. The van der Waals surface area contributed by atoms with Gasteiger partial charge in [-0.05, 0) is 12.3 Å². The largest absolute Gasteiger partial charge is 0.330 e. The maximum Gasteiger partial charge on any atom is 0.196 e. The number of hydrogen-bond acceptors (Lipinski definition) is 2. The topological polar surface area (TPSA) is 26.3 Å². The highest BCUT2D eigenvalue weighted by molar-refractivity contribution is 7.41. The first-order valence-corrected chi connectivity index (χ1v) is 5.83. The Morgan fingerprint density at radius 2 is 1.83 bits per heavy atom. The molecule has 0 amide bonds. The van der Waals surface area contributed by atoms with Crippen molar-refractivity contribution >= 4 is 8.03 Å². The van der Waals surface area contributed by atoms with Gasteiger partial charge in [-0.25, -0.2) is 0 Å². The van der Waals surface area contributed by atoms with E-state index in [9.17, 15) is 4.57 Å². The van der Waals surface area contributed by atoms with Crippen molar-refractivity contribution in [1.82, 2.24) is 0 Å². The van der Waals surface area contributed by atoms with Gasteiger partial charge in [-0.15, -0.1) is 0 Å². The van der Waals surface area contributed by atoms with Crippen molar-refractivity contribution < 1.29 is 9.09 Å². The molecule has 0 aromatic carbocycles. The summed E-state index contributed by atoms with van der Waals surface area (Å²) < 4.78 is 16.7. The van der Waals surface area contributed by atoms with E-state index in [4.69, 9.17) is 4.52 Å². The van der Waals surface area contributed by atoms with Gasteiger partial charge in [-0.1, -0.05) is 34.6 Å². The van der Waals surface area contributed by atoms with E-state index >= 15 is 0 Å². The lowest BCUT2D eigenvalue weighted by Crippen LogP contribution is -2.09.